The molecule has 56 valence electrons. The van der Waals surface area contributed by atoms with Crippen molar-refractivity contribution in [3.8, 4) is 0 Å². The van der Waals surface area contributed by atoms with Gasteiger partial charge >= 0.3 is 0 Å². The number of hydrogen-bond acceptors (Lipinski definition) is 1. The van der Waals surface area contributed by atoms with Gasteiger partial charge in [0, 0.05) is 12.1 Å². The van der Waals surface area contributed by atoms with Crippen molar-refractivity contribution in [2.45, 2.75) is 44.2 Å². The average molecular weight is 137 g/mol. The molecule has 2 rings (SSSR count). The summed E-state index contributed by atoms with van der Waals surface area (Å²) in [5, 5.41) is 0. The molecule has 0 amide bonds. The van der Waals surface area contributed by atoms with Crippen molar-refractivity contribution in [2.24, 2.45) is 0 Å². The topological polar surface area (TPSA) is 3.24 Å². The van der Waals surface area contributed by atoms with Crippen LogP contribution in [0, 0.1) is 0 Å². The Bertz CT molecular complexity index is 126. The third-order valence-electron chi connectivity index (χ3n) is 2.96. The Morgan fingerprint density at radius 3 is 2.10 bits per heavy atom. The summed E-state index contributed by atoms with van der Waals surface area (Å²) in [6, 6.07) is 1.72. The van der Waals surface area contributed by atoms with E-state index in [1.54, 1.807) is 0 Å². The molecule has 10 heavy (non-hydrogen) atoms. The van der Waals surface area contributed by atoms with Gasteiger partial charge in [-0.2, -0.15) is 0 Å². The largest absolute Gasteiger partial charge is 0.372 e. The number of nitrogens with zero attached hydrogens (tertiary/aromatic N) is 1. The molecule has 0 aromatic heterocycles. The highest BCUT2D eigenvalue weighted by molar-refractivity contribution is 4.96. The predicted octanol–water partition coefficient (Wildman–Crippen LogP) is 2.15. The van der Waals surface area contributed by atoms with E-state index >= 15 is 0 Å². The van der Waals surface area contributed by atoms with Crippen molar-refractivity contribution in [3.63, 3.8) is 0 Å². The molecule has 1 heteroatoms. The lowest BCUT2D eigenvalue weighted by Gasteiger charge is -2.33. The third-order valence-corrected chi connectivity index (χ3v) is 2.96. The minimum atomic E-state index is 0.858. The molecule has 2 unspecified atom stereocenters. The van der Waals surface area contributed by atoms with E-state index in [-0.39, 0.29) is 0 Å². The molecule has 2 saturated heterocycles. The first-order valence-electron chi connectivity index (χ1n) is 4.32. The number of hydrogen-bond donors (Lipinski definition) is 0. The summed E-state index contributed by atoms with van der Waals surface area (Å²) in [6.07, 6.45) is 9.12. The molecular formula is C9H15N. The van der Waals surface area contributed by atoms with Gasteiger partial charge in [-0.3, -0.25) is 0 Å². The molecule has 2 aliphatic rings. The Kier molecular flexibility index (Phi) is 1.44. The normalized spacial score (nSPS) is 38.2. The summed E-state index contributed by atoms with van der Waals surface area (Å²) in [4.78, 5) is 2.48. The SMILES string of the molecule is C=CN1C2CCCC1CC2. The molecule has 2 aliphatic heterocycles. The Morgan fingerprint density at radius 2 is 1.70 bits per heavy atom. The predicted molar refractivity (Wildman–Crippen MR) is 42.7 cm³/mol. The van der Waals surface area contributed by atoms with Crippen molar-refractivity contribution >= 4 is 0 Å². The Hall–Kier alpha value is -0.460. The number of fused-ring (bicyclic) bond motifs is 2. The standard InChI is InChI=1S/C9H15N/c1-2-10-8-4-3-5-9(10)7-6-8/h2,8-9H,1,3-7H2. The maximum absolute atomic E-state index is 3.85. The second-order valence-electron chi connectivity index (χ2n) is 3.45. The molecule has 0 radical (unpaired) electrons. The van der Waals surface area contributed by atoms with Gasteiger partial charge < -0.3 is 4.90 Å². The lowest BCUT2D eigenvalue weighted by molar-refractivity contribution is 0.208. The van der Waals surface area contributed by atoms with E-state index in [0.29, 0.717) is 0 Å². The van der Waals surface area contributed by atoms with E-state index < -0.39 is 0 Å². The molecule has 2 bridgehead atoms. The molecule has 2 fully saturated rings. The summed E-state index contributed by atoms with van der Waals surface area (Å²) in [5.74, 6) is 0. The summed E-state index contributed by atoms with van der Waals surface area (Å²) in [5.41, 5.74) is 0. The van der Waals surface area contributed by atoms with Crippen LogP contribution in [0.15, 0.2) is 12.8 Å². The second-order valence-corrected chi connectivity index (χ2v) is 3.45. The van der Waals surface area contributed by atoms with Gasteiger partial charge in [0.15, 0.2) is 0 Å². The zero-order valence-electron chi connectivity index (χ0n) is 6.42. The van der Waals surface area contributed by atoms with Crippen molar-refractivity contribution in [3.05, 3.63) is 12.8 Å². The molecule has 0 aromatic rings. The zero-order chi connectivity index (χ0) is 6.97. The zero-order valence-corrected chi connectivity index (χ0v) is 6.42. The quantitative estimate of drug-likeness (QED) is 0.535. The summed E-state index contributed by atoms with van der Waals surface area (Å²) in [7, 11) is 0. The Balaban J connectivity index is 2.13. The lowest BCUT2D eigenvalue weighted by atomic mass is 10.0. The van der Waals surface area contributed by atoms with Crippen LogP contribution >= 0.6 is 0 Å². The fourth-order valence-electron chi connectivity index (χ4n) is 2.46. The molecule has 1 nitrogen and oxygen atoms in total. The van der Waals surface area contributed by atoms with Crippen LogP contribution in [0.2, 0.25) is 0 Å². The third kappa shape index (κ3) is 0.764. The van der Waals surface area contributed by atoms with Crippen LogP contribution < -0.4 is 0 Å². The first-order chi connectivity index (χ1) is 4.92. The van der Waals surface area contributed by atoms with Crippen LogP contribution in [-0.2, 0) is 0 Å². The summed E-state index contributed by atoms with van der Waals surface area (Å²) < 4.78 is 0. The minimum Gasteiger partial charge on any atom is -0.372 e. The van der Waals surface area contributed by atoms with Crippen molar-refractivity contribution < 1.29 is 0 Å². The van der Waals surface area contributed by atoms with Crippen molar-refractivity contribution in [1.29, 1.82) is 0 Å². The smallest absolute Gasteiger partial charge is 0.0288 e. The fraction of sp³-hybridized carbons (Fsp3) is 0.778. The highest BCUT2D eigenvalue weighted by Gasteiger charge is 2.33. The van der Waals surface area contributed by atoms with E-state index in [2.05, 4.69) is 11.5 Å². The second kappa shape index (κ2) is 2.30. The summed E-state index contributed by atoms with van der Waals surface area (Å²) in [6.45, 7) is 3.85. The van der Waals surface area contributed by atoms with Crippen LogP contribution in [-0.4, -0.2) is 17.0 Å². The van der Waals surface area contributed by atoms with Crippen LogP contribution in [0.3, 0.4) is 0 Å². The minimum absolute atomic E-state index is 0.858. The van der Waals surface area contributed by atoms with E-state index in [0.717, 1.165) is 12.1 Å². The Morgan fingerprint density at radius 1 is 1.10 bits per heavy atom. The number of rotatable bonds is 1. The molecule has 0 saturated carbocycles. The van der Waals surface area contributed by atoms with Crippen molar-refractivity contribution in [2.75, 3.05) is 0 Å². The summed E-state index contributed by atoms with van der Waals surface area (Å²) >= 11 is 0. The van der Waals surface area contributed by atoms with Gasteiger partial charge in [-0.25, -0.2) is 0 Å². The van der Waals surface area contributed by atoms with Gasteiger partial charge in [-0.1, -0.05) is 6.58 Å². The molecule has 0 aromatic carbocycles. The first-order valence-corrected chi connectivity index (χ1v) is 4.32. The maximum Gasteiger partial charge on any atom is 0.0288 e. The highest BCUT2D eigenvalue weighted by atomic mass is 15.2. The highest BCUT2D eigenvalue weighted by Crippen LogP contribution is 2.35. The first kappa shape index (κ1) is 6.26. The fourth-order valence-corrected chi connectivity index (χ4v) is 2.46. The van der Waals surface area contributed by atoms with Gasteiger partial charge in [0.05, 0.1) is 0 Å². The van der Waals surface area contributed by atoms with Gasteiger partial charge in [0.1, 0.15) is 0 Å². The van der Waals surface area contributed by atoms with Crippen LogP contribution in [0.5, 0.6) is 0 Å². The Labute approximate surface area is 62.7 Å². The van der Waals surface area contributed by atoms with Gasteiger partial charge in [-0.15, -0.1) is 0 Å². The molecule has 0 aliphatic carbocycles. The van der Waals surface area contributed by atoms with Gasteiger partial charge in [-0.05, 0) is 38.3 Å². The van der Waals surface area contributed by atoms with E-state index in [9.17, 15) is 0 Å². The van der Waals surface area contributed by atoms with E-state index in [1.165, 1.54) is 32.1 Å². The molecule has 0 spiro atoms. The maximum atomic E-state index is 3.85. The van der Waals surface area contributed by atoms with E-state index in [1.807, 2.05) is 6.20 Å². The van der Waals surface area contributed by atoms with E-state index in [4.69, 9.17) is 0 Å². The molecule has 0 N–H and O–H groups in total. The molecule has 2 atom stereocenters. The van der Waals surface area contributed by atoms with Crippen LogP contribution in [0.1, 0.15) is 32.1 Å². The van der Waals surface area contributed by atoms with Crippen molar-refractivity contribution in [1.82, 2.24) is 4.90 Å². The van der Waals surface area contributed by atoms with Gasteiger partial charge in [0.2, 0.25) is 0 Å². The monoisotopic (exact) mass is 137 g/mol. The molecular weight excluding hydrogens is 122 g/mol. The lowest BCUT2D eigenvalue weighted by Crippen LogP contribution is -2.34. The molecule has 2 heterocycles. The average Bonchev–Trinajstić information content (AvgIpc) is 2.19. The van der Waals surface area contributed by atoms with Crippen LogP contribution in [0.4, 0.5) is 0 Å². The number of piperidine rings is 1. The van der Waals surface area contributed by atoms with Crippen LogP contribution in [0.25, 0.3) is 0 Å². The van der Waals surface area contributed by atoms with Gasteiger partial charge in [0.25, 0.3) is 0 Å².